The molecular formula is C20H27ClN4O. The van der Waals surface area contributed by atoms with Crippen LogP contribution in [0.4, 0.5) is 0 Å². The number of rotatable bonds is 7. The van der Waals surface area contributed by atoms with E-state index in [2.05, 4.69) is 22.0 Å². The van der Waals surface area contributed by atoms with Crippen LogP contribution in [0.2, 0.25) is 5.02 Å². The lowest BCUT2D eigenvalue weighted by Crippen LogP contribution is -2.48. The minimum Gasteiger partial charge on any atom is -0.354 e. The van der Waals surface area contributed by atoms with Gasteiger partial charge in [-0.05, 0) is 36.9 Å². The van der Waals surface area contributed by atoms with Gasteiger partial charge >= 0.3 is 0 Å². The largest absolute Gasteiger partial charge is 0.354 e. The summed E-state index contributed by atoms with van der Waals surface area (Å²) in [5.74, 6) is 0.0548. The van der Waals surface area contributed by atoms with E-state index in [9.17, 15) is 4.79 Å². The molecule has 0 saturated carbocycles. The van der Waals surface area contributed by atoms with Gasteiger partial charge in [-0.25, -0.2) is 0 Å². The third-order valence-corrected chi connectivity index (χ3v) is 5.16. The Balaban J connectivity index is 1.47. The summed E-state index contributed by atoms with van der Waals surface area (Å²) >= 11 is 6.08. The van der Waals surface area contributed by atoms with Crippen LogP contribution in [0.5, 0.6) is 0 Å². The van der Waals surface area contributed by atoms with Gasteiger partial charge in [-0.15, -0.1) is 0 Å². The van der Waals surface area contributed by atoms with Crippen molar-refractivity contribution in [2.24, 2.45) is 0 Å². The fourth-order valence-electron chi connectivity index (χ4n) is 3.35. The lowest BCUT2D eigenvalue weighted by molar-refractivity contribution is -0.120. The molecule has 1 saturated heterocycles. The molecule has 2 heterocycles. The van der Waals surface area contributed by atoms with Gasteiger partial charge in [0.1, 0.15) is 0 Å². The molecule has 26 heavy (non-hydrogen) atoms. The average molecular weight is 375 g/mol. The molecule has 2 aromatic rings. The fourth-order valence-corrected chi connectivity index (χ4v) is 3.53. The van der Waals surface area contributed by atoms with Gasteiger partial charge in [-0.2, -0.15) is 0 Å². The highest BCUT2D eigenvalue weighted by Gasteiger charge is 2.15. The van der Waals surface area contributed by atoms with E-state index in [1.165, 1.54) is 0 Å². The van der Waals surface area contributed by atoms with Crippen molar-refractivity contribution >= 4 is 17.5 Å². The Labute approximate surface area is 160 Å². The molecule has 3 rings (SSSR count). The van der Waals surface area contributed by atoms with Crippen LogP contribution in [0.1, 0.15) is 12.6 Å². The smallest absolute Gasteiger partial charge is 0.225 e. The van der Waals surface area contributed by atoms with Crippen molar-refractivity contribution in [2.75, 3.05) is 45.8 Å². The van der Waals surface area contributed by atoms with Crippen molar-refractivity contribution in [3.05, 3.63) is 53.3 Å². The molecule has 1 fully saturated rings. The predicted molar refractivity (Wildman–Crippen MR) is 106 cm³/mol. The van der Waals surface area contributed by atoms with Crippen molar-refractivity contribution < 1.29 is 4.79 Å². The fraction of sp³-hybridized carbons (Fsp3) is 0.450. The summed E-state index contributed by atoms with van der Waals surface area (Å²) in [6.45, 7) is 9.35. The van der Waals surface area contributed by atoms with Gasteiger partial charge in [0.2, 0.25) is 5.91 Å². The third-order valence-electron chi connectivity index (χ3n) is 4.92. The second-order valence-electron chi connectivity index (χ2n) is 6.65. The van der Waals surface area contributed by atoms with Crippen LogP contribution in [-0.2, 0) is 11.2 Å². The summed E-state index contributed by atoms with van der Waals surface area (Å²) in [7, 11) is 0. The normalized spacial score (nSPS) is 15.9. The Morgan fingerprint density at radius 3 is 2.62 bits per heavy atom. The zero-order valence-corrected chi connectivity index (χ0v) is 16.1. The van der Waals surface area contributed by atoms with E-state index in [0.717, 1.165) is 50.6 Å². The summed E-state index contributed by atoms with van der Waals surface area (Å²) in [6.07, 6.45) is 2.32. The zero-order chi connectivity index (χ0) is 18.4. The van der Waals surface area contributed by atoms with E-state index >= 15 is 0 Å². The quantitative estimate of drug-likeness (QED) is 0.809. The van der Waals surface area contributed by atoms with Crippen molar-refractivity contribution in [2.45, 2.75) is 13.3 Å². The lowest BCUT2D eigenvalue weighted by atomic mass is 10.2. The van der Waals surface area contributed by atoms with Gasteiger partial charge in [0.15, 0.2) is 0 Å². The van der Waals surface area contributed by atoms with Crippen molar-refractivity contribution in [1.29, 1.82) is 0 Å². The van der Waals surface area contributed by atoms with E-state index in [4.69, 9.17) is 11.6 Å². The van der Waals surface area contributed by atoms with Crippen molar-refractivity contribution in [1.82, 2.24) is 19.7 Å². The number of carbonyl (C=O) groups is 1. The topological polar surface area (TPSA) is 40.5 Å². The van der Waals surface area contributed by atoms with E-state index in [0.29, 0.717) is 18.0 Å². The van der Waals surface area contributed by atoms with Gasteiger partial charge in [0.25, 0.3) is 0 Å². The van der Waals surface area contributed by atoms with Crippen LogP contribution >= 0.6 is 11.6 Å². The first-order valence-electron chi connectivity index (χ1n) is 9.29. The summed E-state index contributed by atoms with van der Waals surface area (Å²) in [5.41, 5.74) is 1.93. The van der Waals surface area contributed by atoms with E-state index < -0.39 is 0 Å². The van der Waals surface area contributed by atoms with Crippen LogP contribution in [0.15, 0.2) is 42.6 Å². The summed E-state index contributed by atoms with van der Waals surface area (Å²) in [6, 6.07) is 11.6. The van der Waals surface area contributed by atoms with Crippen molar-refractivity contribution in [3.63, 3.8) is 0 Å². The highest BCUT2D eigenvalue weighted by Crippen LogP contribution is 2.17. The Kier molecular flexibility index (Phi) is 6.72. The minimum atomic E-state index is 0.0548. The molecular weight excluding hydrogens is 348 g/mol. The zero-order valence-electron chi connectivity index (χ0n) is 15.3. The van der Waals surface area contributed by atoms with Crippen molar-refractivity contribution in [3.8, 4) is 5.69 Å². The number of hydrogen-bond acceptors (Lipinski definition) is 3. The van der Waals surface area contributed by atoms with E-state index in [-0.39, 0.29) is 5.91 Å². The van der Waals surface area contributed by atoms with Crippen LogP contribution in [-0.4, -0.2) is 66.1 Å². The summed E-state index contributed by atoms with van der Waals surface area (Å²) in [5, 5.41) is 3.74. The number of aromatic nitrogens is 1. The van der Waals surface area contributed by atoms with Crippen LogP contribution in [0.25, 0.3) is 5.69 Å². The molecule has 1 aromatic heterocycles. The van der Waals surface area contributed by atoms with Crippen LogP contribution in [0.3, 0.4) is 0 Å². The molecule has 0 unspecified atom stereocenters. The number of benzene rings is 1. The molecule has 5 nitrogen and oxygen atoms in total. The van der Waals surface area contributed by atoms with Gasteiger partial charge in [-0.1, -0.05) is 24.6 Å². The molecule has 140 valence electrons. The molecule has 0 aliphatic carbocycles. The molecule has 1 aliphatic heterocycles. The number of piperazine rings is 1. The average Bonchev–Trinajstić information content (AvgIpc) is 3.10. The molecule has 1 aromatic carbocycles. The maximum Gasteiger partial charge on any atom is 0.225 e. The maximum absolute atomic E-state index is 12.3. The predicted octanol–water partition coefficient (Wildman–Crippen LogP) is 2.43. The Hall–Kier alpha value is -1.82. The molecule has 0 spiro atoms. The first-order valence-corrected chi connectivity index (χ1v) is 9.67. The number of hydrogen-bond donors (Lipinski definition) is 1. The molecule has 0 bridgehead atoms. The first kappa shape index (κ1) is 19.0. The molecule has 0 radical (unpaired) electrons. The molecule has 1 N–H and O–H groups in total. The number of halogens is 1. The number of nitrogens with one attached hydrogen (secondary N) is 1. The van der Waals surface area contributed by atoms with Gasteiger partial charge in [-0.3, -0.25) is 9.69 Å². The standard InChI is InChI=1S/C20H27ClN4O/c1-2-23-11-13-24(14-12-23)10-8-22-20(26)16-19-7-4-9-25(19)18-6-3-5-17(21)15-18/h3-7,9,15H,2,8,10-14,16H2,1H3,(H,22,26). The Morgan fingerprint density at radius 1 is 1.12 bits per heavy atom. The number of likely N-dealkylation sites (N-methyl/N-ethyl adjacent to an activating group) is 1. The highest BCUT2D eigenvalue weighted by atomic mass is 35.5. The highest BCUT2D eigenvalue weighted by molar-refractivity contribution is 6.30. The Morgan fingerprint density at radius 2 is 1.88 bits per heavy atom. The Bertz CT molecular complexity index is 722. The maximum atomic E-state index is 12.3. The number of amides is 1. The molecule has 0 atom stereocenters. The first-order chi connectivity index (χ1) is 12.7. The van der Waals surface area contributed by atoms with Gasteiger partial charge in [0, 0.05) is 61.9 Å². The van der Waals surface area contributed by atoms with Crippen LogP contribution < -0.4 is 5.32 Å². The van der Waals surface area contributed by atoms with Crippen LogP contribution in [0, 0.1) is 0 Å². The van der Waals surface area contributed by atoms with E-state index in [1.54, 1.807) is 0 Å². The number of carbonyl (C=O) groups excluding carboxylic acids is 1. The minimum absolute atomic E-state index is 0.0548. The number of nitrogens with zero attached hydrogens (tertiary/aromatic N) is 3. The molecule has 1 aliphatic rings. The lowest BCUT2D eigenvalue weighted by Gasteiger charge is -2.33. The summed E-state index contributed by atoms with van der Waals surface area (Å²) < 4.78 is 2.01. The molecule has 1 amide bonds. The second-order valence-corrected chi connectivity index (χ2v) is 7.09. The second kappa shape index (κ2) is 9.21. The SMILES string of the molecule is CCN1CCN(CCNC(=O)Cc2cccn2-c2cccc(Cl)c2)CC1. The van der Waals surface area contributed by atoms with Gasteiger partial charge < -0.3 is 14.8 Å². The third kappa shape index (κ3) is 5.10. The monoisotopic (exact) mass is 374 g/mol. The summed E-state index contributed by atoms with van der Waals surface area (Å²) in [4.78, 5) is 17.2. The van der Waals surface area contributed by atoms with Gasteiger partial charge in [0.05, 0.1) is 6.42 Å². The van der Waals surface area contributed by atoms with E-state index in [1.807, 2.05) is 47.2 Å². The molecule has 6 heteroatoms.